The van der Waals surface area contributed by atoms with Gasteiger partial charge in [-0.05, 0) is 58.7 Å². The summed E-state index contributed by atoms with van der Waals surface area (Å²) in [4.78, 5) is 33.5. The molecular weight excluding hydrogens is 452 g/mol. The van der Waals surface area contributed by atoms with Gasteiger partial charge in [-0.2, -0.15) is 0 Å². The van der Waals surface area contributed by atoms with Gasteiger partial charge in [0.2, 0.25) is 0 Å². The van der Waals surface area contributed by atoms with Crippen molar-refractivity contribution in [3.63, 3.8) is 0 Å². The summed E-state index contributed by atoms with van der Waals surface area (Å²) in [5.41, 5.74) is -0.633. The Balaban J connectivity index is 1.34. The topological polar surface area (TPSA) is 55.9 Å². The molecule has 3 heterocycles. The lowest BCUT2D eigenvalue weighted by Crippen LogP contribution is -2.55. The van der Waals surface area contributed by atoms with E-state index in [1.165, 1.54) is 13.6 Å². The fraction of sp³-hybridized carbons (Fsp3) is 0.714. The molecule has 3 fully saturated rings. The van der Waals surface area contributed by atoms with Gasteiger partial charge in [0.05, 0.1) is 10.5 Å². The van der Waals surface area contributed by atoms with Crippen molar-refractivity contribution in [2.75, 3.05) is 32.8 Å². The molecule has 160 valence electrons. The number of hydrogen-bond acceptors (Lipinski definition) is 5. The van der Waals surface area contributed by atoms with Gasteiger partial charge < -0.3 is 5.32 Å². The normalized spacial score (nSPS) is 30.9. The number of thiophene rings is 1. The number of nitrogens with one attached hydrogen (secondary N) is 1. The Labute approximate surface area is 185 Å². The molecular formula is C21H31BrN4O2S. The van der Waals surface area contributed by atoms with Gasteiger partial charge in [-0.25, -0.2) is 9.69 Å². The molecule has 2 saturated heterocycles. The number of halogens is 1. The number of nitrogens with zero attached hydrogens (tertiary/aromatic N) is 3. The molecule has 3 amide bonds. The van der Waals surface area contributed by atoms with Crippen molar-refractivity contribution in [3.8, 4) is 0 Å². The Hall–Kier alpha value is -0.960. The predicted octanol–water partition coefficient (Wildman–Crippen LogP) is 3.72. The van der Waals surface area contributed by atoms with Crippen molar-refractivity contribution in [3.05, 3.63) is 20.8 Å². The number of imide groups is 1. The summed E-state index contributed by atoms with van der Waals surface area (Å²) in [5.74, 6) is 0.414. The van der Waals surface area contributed by atoms with Crippen LogP contribution in [0.2, 0.25) is 0 Å². The molecule has 0 radical (unpaired) electrons. The molecule has 6 nitrogen and oxygen atoms in total. The maximum Gasteiger partial charge on any atom is 0.326 e. The fourth-order valence-electron chi connectivity index (χ4n) is 5.58. The molecule has 1 saturated carbocycles. The number of amides is 3. The molecule has 1 aromatic heterocycles. The van der Waals surface area contributed by atoms with E-state index in [0.717, 1.165) is 52.0 Å². The van der Waals surface area contributed by atoms with E-state index in [1.807, 2.05) is 0 Å². The van der Waals surface area contributed by atoms with Crippen LogP contribution in [0.5, 0.6) is 0 Å². The van der Waals surface area contributed by atoms with Gasteiger partial charge in [0.1, 0.15) is 5.54 Å². The molecule has 1 aliphatic carbocycles. The van der Waals surface area contributed by atoms with Crippen LogP contribution in [-0.2, 0) is 11.3 Å². The molecule has 0 aromatic carbocycles. The van der Waals surface area contributed by atoms with E-state index < -0.39 is 5.54 Å². The second-order valence-corrected chi connectivity index (χ2v) is 12.4. The minimum atomic E-state index is -0.702. The maximum atomic E-state index is 13.3. The third-order valence-corrected chi connectivity index (χ3v) is 8.05. The first-order valence-electron chi connectivity index (χ1n) is 10.5. The van der Waals surface area contributed by atoms with Crippen molar-refractivity contribution in [1.82, 2.24) is 20.0 Å². The number of hydrogen-bond donors (Lipinski definition) is 1. The maximum absolute atomic E-state index is 13.3. The van der Waals surface area contributed by atoms with E-state index in [0.29, 0.717) is 12.6 Å². The van der Waals surface area contributed by atoms with Crippen LogP contribution in [-0.4, -0.2) is 65.0 Å². The molecule has 1 aromatic rings. The summed E-state index contributed by atoms with van der Waals surface area (Å²) in [6, 6.07) is 4.04. The van der Waals surface area contributed by atoms with E-state index in [-0.39, 0.29) is 17.4 Å². The van der Waals surface area contributed by atoms with Gasteiger partial charge in [0, 0.05) is 37.6 Å². The Bertz CT molecular complexity index is 789. The highest BCUT2D eigenvalue weighted by Gasteiger charge is 2.56. The van der Waals surface area contributed by atoms with E-state index >= 15 is 0 Å². The van der Waals surface area contributed by atoms with Crippen LogP contribution in [0.25, 0.3) is 0 Å². The summed E-state index contributed by atoms with van der Waals surface area (Å²) >= 11 is 5.30. The van der Waals surface area contributed by atoms with E-state index in [4.69, 9.17) is 0 Å². The summed E-state index contributed by atoms with van der Waals surface area (Å²) in [7, 11) is 0. The second-order valence-electron chi connectivity index (χ2n) is 9.84. The van der Waals surface area contributed by atoms with Gasteiger partial charge in [-0.1, -0.05) is 20.8 Å². The van der Waals surface area contributed by atoms with Crippen molar-refractivity contribution >= 4 is 39.2 Å². The first-order chi connectivity index (χ1) is 13.7. The molecule has 1 spiro atoms. The zero-order valence-electron chi connectivity index (χ0n) is 17.5. The van der Waals surface area contributed by atoms with Gasteiger partial charge >= 0.3 is 6.03 Å². The lowest BCUT2D eigenvalue weighted by atomic mass is 9.64. The number of piperazine rings is 1. The first kappa shape index (κ1) is 21.3. The van der Waals surface area contributed by atoms with Crippen molar-refractivity contribution in [2.45, 2.75) is 52.1 Å². The van der Waals surface area contributed by atoms with Gasteiger partial charge in [0.25, 0.3) is 5.91 Å². The zero-order valence-corrected chi connectivity index (χ0v) is 19.9. The lowest BCUT2D eigenvalue weighted by Gasteiger charge is -2.44. The van der Waals surface area contributed by atoms with Crippen molar-refractivity contribution in [2.24, 2.45) is 11.3 Å². The highest BCUT2D eigenvalue weighted by molar-refractivity contribution is 9.11. The minimum absolute atomic E-state index is 0.0204. The smallest absolute Gasteiger partial charge is 0.323 e. The molecule has 0 bridgehead atoms. The van der Waals surface area contributed by atoms with Crippen LogP contribution in [0.15, 0.2) is 15.9 Å². The Morgan fingerprint density at radius 3 is 2.45 bits per heavy atom. The standard InChI is InChI=1S/C21H31BrN4O2S/c1-15-10-20(2,3)13-21(11-15)18(27)26(19(28)23-21)14-25-8-6-24(7-9-25)12-16-4-5-17(22)29-16/h4-5,15H,6-14H2,1-3H3,(H,23,28). The Morgan fingerprint density at radius 1 is 1.14 bits per heavy atom. The molecule has 2 atom stereocenters. The average molecular weight is 483 g/mol. The molecule has 1 N–H and O–H groups in total. The molecule has 4 rings (SSSR count). The quantitative estimate of drug-likeness (QED) is 0.664. The van der Waals surface area contributed by atoms with E-state index in [1.54, 1.807) is 11.3 Å². The van der Waals surface area contributed by atoms with Crippen LogP contribution >= 0.6 is 27.3 Å². The Morgan fingerprint density at radius 2 is 1.83 bits per heavy atom. The SMILES string of the molecule is CC1CC(C)(C)CC2(C1)NC(=O)N(CN1CCN(Cc3ccc(Br)s3)CC1)C2=O. The summed E-state index contributed by atoms with van der Waals surface area (Å²) in [5, 5.41) is 3.09. The molecule has 8 heteroatoms. The monoisotopic (exact) mass is 482 g/mol. The highest BCUT2D eigenvalue weighted by atomic mass is 79.9. The van der Waals surface area contributed by atoms with Crippen LogP contribution in [0.3, 0.4) is 0 Å². The zero-order chi connectivity index (χ0) is 20.8. The molecule has 29 heavy (non-hydrogen) atoms. The van der Waals surface area contributed by atoms with Crippen LogP contribution in [0, 0.1) is 11.3 Å². The van der Waals surface area contributed by atoms with E-state index in [2.05, 4.69) is 64.0 Å². The number of carbonyl (C=O) groups excluding carboxylic acids is 2. The Kier molecular flexibility index (Phi) is 5.83. The predicted molar refractivity (Wildman–Crippen MR) is 119 cm³/mol. The largest absolute Gasteiger partial charge is 0.326 e. The van der Waals surface area contributed by atoms with E-state index in [9.17, 15) is 9.59 Å². The third-order valence-electron chi connectivity index (χ3n) is 6.44. The van der Waals surface area contributed by atoms with Crippen molar-refractivity contribution < 1.29 is 9.59 Å². The van der Waals surface area contributed by atoms with Crippen LogP contribution < -0.4 is 5.32 Å². The minimum Gasteiger partial charge on any atom is -0.323 e. The highest BCUT2D eigenvalue weighted by Crippen LogP contribution is 2.46. The van der Waals surface area contributed by atoms with Gasteiger partial charge in [0.15, 0.2) is 0 Å². The summed E-state index contributed by atoms with van der Waals surface area (Å²) in [6.45, 7) is 11.6. The number of urea groups is 1. The summed E-state index contributed by atoms with van der Waals surface area (Å²) < 4.78 is 1.17. The second kappa shape index (κ2) is 7.94. The van der Waals surface area contributed by atoms with Gasteiger partial charge in [-0.3, -0.25) is 14.6 Å². The fourth-order valence-corrected chi connectivity index (χ4v) is 7.11. The molecule has 2 aliphatic heterocycles. The average Bonchev–Trinajstić information content (AvgIpc) is 3.11. The lowest BCUT2D eigenvalue weighted by molar-refractivity contribution is -0.136. The third kappa shape index (κ3) is 4.55. The number of rotatable bonds is 4. The van der Waals surface area contributed by atoms with Crippen molar-refractivity contribution in [1.29, 1.82) is 0 Å². The van der Waals surface area contributed by atoms with Crippen LogP contribution in [0.1, 0.15) is 44.9 Å². The first-order valence-corrected chi connectivity index (χ1v) is 12.1. The molecule has 3 aliphatic rings. The number of carbonyl (C=O) groups is 2. The van der Waals surface area contributed by atoms with Gasteiger partial charge in [-0.15, -0.1) is 11.3 Å². The molecule has 2 unspecified atom stereocenters. The summed E-state index contributed by atoms with van der Waals surface area (Å²) in [6.07, 6.45) is 2.58. The van der Waals surface area contributed by atoms with Crippen LogP contribution in [0.4, 0.5) is 4.79 Å².